The normalized spacial score (nSPS) is 20.8. The molecular weight excluding hydrogens is 426 g/mol. The maximum Gasteiger partial charge on any atom is 0.250 e. The van der Waals surface area contributed by atoms with E-state index in [0.29, 0.717) is 28.5 Å². The van der Waals surface area contributed by atoms with Gasteiger partial charge >= 0.3 is 0 Å². The molecule has 1 fully saturated rings. The van der Waals surface area contributed by atoms with Crippen molar-refractivity contribution < 1.29 is 13.2 Å². The van der Waals surface area contributed by atoms with Crippen LogP contribution < -0.4 is 9.46 Å². The Morgan fingerprint density at radius 2 is 2.00 bits per heavy atom. The van der Waals surface area contributed by atoms with Crippen LogP contribution in [0.1, 0.15) is 31.2 Å². The van der Waals surface area contributed by atoms with Crippen LogP contribution in [0.3, 0.4) is 0 Å². The average Bonchev–Trinajstić information content (AvgIpc) is 3.05. The molecule has 2 aromatic rings. The van der Waals surface area contributed by atoms with Gasteiger partial charge in [0.1, 0.15) is 16.4 Å². The van der Waals surface area contributed by atoms with Gasteiger partial charge in [0.05, 0.1) is 9.35 Å². The van der Waals surface area contributed by atoms with E-state index >= 15 is 0 Å². The Kier molecular flexibility index (Phi) is 5.74. The molecule has 6 nitrogen and oxygen atoms in total. The highest BCUT2D eigenvalue weighted by molar-refractivity contribution is 9.11. The van der Waals surface area contributed by atoms with Crippen LogP contribution in [0.4, 0.5) is 0 Å². The summed E-state index contributed by atoms with van der Waals surface area (Å²) in [5.74, 6) is 0.492. The standard InChI is InChI=1S/C16H16BrN3O3S2/c17-14-6-8-16(24-14)25(21,22)20-12-2-4-13(5-3-12)23-15-7-1-11(9-18)10-19-15/h1,6-8,10,12-13,20H,2-5H2. The van der Waals surface area contributed by atoms with E-state index in [2.05, 4.69) is 25.6 Å². The number of aromatic nitrogens is 1. The summed E-state index contributed by atoms with van der Waals surface area (Å²) in [5, 5.41) is 8.77. The molecule has 0 spiro atoms. The molecule has 1 N–H and O–H groups in total. The molecule has 1 aliphatic rings. The second-order valence-corrected chi connectivity index (χ2v) is 10.2. The summed E-state index contributed by atoms with van der Waals surface area (Å²) in [6.07, 6.45) is 4.43. The molecule has 1 saturated carbocycles. The molecule has 0 atom stereocenters. The van der Waals surface area contributed by atoms with Gasteiger partial charge in [-0.05, 0) is 59.8 Å². The van der Waals surface area contributed by atoms with Gasteiger partial charge in [0, 0.05) is 18.3 Å². The number of nitrogens with one attached hydrogen (secondary N) is 1. The molecular formula is C16H16BrN3O3S2. The van der Waals surface area contributed by atoms with Gasteiger partial charge in [-0.1, -0.05) is 0 Å². The molecule has 25 heavy (non-hydrogen) atoms. The average molecular weight is 442 g/mol. The van der Waals surface area contributed by atoms with Gasteiger partial charge < -0.3 is 4.74 Å². The largest absolute Gasteiger partial charge is 0.474 e. The minimum absolute atomic E-state index is 0.0112. The number of nitrogens with zero attached hydrogens (tertiary/aromatic N) is 2. The van der Waals surface area contributed by atoms with Crippen LogP contribution in [-0.2, 0) is 10.0 Å². The summed E-state index contributed by atoms with van der Waals surface area (Å²) < 4.78 is 34.4. The Bertz CT molecular complexity index is 867. The first-order valence-electron chi connectivity index (χ1n) is 7.77. The van der Waals surface area contributed by atoms with Crippen LogP contribution in [0.15, 0.2) is 38.5 Å². The minimum atomic E-state index is -3.47. The fraction of sp³-hybridized carbons (Fsp3) is 0.375. The number of sulfonamides is 1. The van der Waals surface area contributed by atoms with E-state index in [4.69, 9.17) is 10.00 Å². The molecule has 132 valence electrons. The summed E-state index contributed by atoms with van der Waals surface area (Å²) in [6, 6.07) is 8.61. The van der Waals surface area contributed by atoms with Gasteiger partial charge in [-0.3, -0.25) is 0 Å². The highest BCUT2D eigenvalue weighted by Crippen LogP contribution is 2.28. The molecule has 2 heterocycles. The SMILES string of the molecule is N#Cc1ccc(OC2CCC(NS(=O)(=O)c3ccc(Br)s3)CC2)nc1. The Balaban J connectivity index is 1.52. The third-order valence-electron chi connectivity index (χ3n) is 3.96. The zero-order valence-electron chi connectivity index (χ0n) is 13.2. The van der Waals surface area contributed by atoms with E-state index in [-0.39, 0.29) is 12.1 Å². The maximum atomic E-state index is 12.4. The third-order valence-corrected chi connectivity index (χ3v) is 7.60. The third kappa shape index (κ3) is 4.79. The number of rotatable bonds is 5. The van der Waals surface area contributed by atoms with E-state index in [9.17, 15) is 8.42 Å². The Labute approximate surface area is 159 Å². The van der Waals surface area contributed by atoms with E-state index in [1.165, 1.54) is 17.5 Å². The quantitative estimate of drug-likeness (QED) is 0.766. The number of hydrogen-bond donors (Lipinski definition) is 1. The first kappa shape index (κ1) is 18.3. The summed E-state index contributed by atoms with van der Waals surface area (Å²) in [7, 11) is -3.47. The van der Waals surface area contributed by atoms with Crippen molar-refractivity contribution in [2.75, 3.05) is 0 Å². The smallest absolute Gasteiger partial charge is 0.250 e. The lowest BCUT2D eigenvalue weighted by Gasteiger charge is -2.28. The van der Waals surface area contributed by atoms with Crippen LogP contribution in [-0.4, -0.2) is 25.5 Å². The number of thiophene rings is 1. The van der Waals surface area contributed by atoms with E-state index in [1.54, 1.807) is 24.3 Å². The van der Waals surface area contributed by atoms with Crippen LogP contribution >= 0.6 is 27.3 Å². The zero-order valence-corrected chi connectivity index (χ0v) is 16.4. The fourth-order valence-corrected chi connectivity index (χ4v) is 6.04. The van der Waals surface area contributed by atoms with Crippen molar-refractivity contribution in [3.05, 3.63) is 39.8 Å². The van der Waals surface area contributed by atoms with Gasteiger partial charge in [0.2, 0.25) is 15.9 Å². The lowest BCUT2D eigenvalue weighted by Crippen LogP contribution is -2.39. The van der Waals surface area contributed by atoms with Crippen molar-refractivity contribution in [2.45, 2.75) is 42.0 Å². The molecule has 2 aromatic heterocycles. The monoisotopic (exact) mass is 441 g/mol. The molecule has 0 aromatic carbocycles. The number of nitriles is 1. The predicted molar refractivity (Wildman–Crippen MR) is 98.0 cm³/mol. The molecule has 0 saturated heterocycles. The summed E-state index contributed by atoms with van der Waals surface area (Å²) in [6.45, 7) is 0. The second-order valence-electron chi connectivity index (χ2n) is 5.77. The Morgan fingerprint density at radius 1 is 1.24 bits per heavy atom. The maximum absolute atomic E-state index is 12.4. The Hall–Kier alpha value is -1.47. The van der Waals surface area contributed by atoms with Crippen molar-refractivity contribution in [3.8, 4) is 11.9 Å². The van der Waals surface area contributed by atoms with Crippen molar-refractivity contribution >= 4 is 37.3 Å². The van der Waals surface area contributed by atoms with E-state index in [1.807, 2.05) is 6.07 Å². The van der Waals surface area contributed by atoms with E-state index < -0.39 is 10.0 Å². The van der Waals surface area contributed by atoms with Gasteiger partial charge in [0.15, 0.2) is 0 Å². The molecule has 3 rings (SSSR count). The van der Waals surface area contributed by atoms with E-state index in [0.717, 1.165) is 16.6 Å². The molecule has 0 aliphatic heterocycles. The van der Waals surface area contributed by atoms with Crippen LogP contribution in [0.5, 0.6) is 5.88 Å². The zero-order chi connectivity index (χ0) is 17.9. The van der Waals surface area contributed by atoms with Gasteiger partial charge in [-0.15, -0.1) is 11.3 Å². The molecule has 9 heteroatoms. The Morgan fingerprint density at radius 3 is 2.56 bits per heavy atom. The molecule has 0 unspecified atom stereocenters. The lowest BCUT2D eigenvalue weighted by atomic mass is 9.94. The minimum Gasteiger partial charge on any atom is -0.474 e. The highest BCUT2D eigenvalue weighted by Gasteiger charge is 2.27. The fourth-order valence-electron chi connectivity index (χ4n) is 2.71. The number of halogens is 1. The summed E-state index contributed by atoms with van der Waals surface area (Å²) >= 11 is 4.48. The second kappa shape index (κ2) is 7.83. The van der Waals surface area contributed by atoms with Gasteiger partial charge in [-0.25, -0.2) is 18.1 Å². The molecule has 1 aliphatic carbocycles. The van der Waals surface area contributed by atoms with Crippen LogP contribution in [0.25, 0.3) is 0 Å². The van der Waals surface area contributed by atoms with Crippen molar-refractivity contribution in [2.24, 2.45) is 0 Å². The topological polar surface area (TPSA) is 92.1 Å². The van der Waals surface area contributed by atoms with Gasteiger partial charge in [-0.2, -0.15) is 5.26 Å². The van der Waals surface area contributed by atoms with Crippen LogP contribution in [0.2, 0.25) is 0 Å². The summed E-state index contributed by atoms with van der Waals surface area (Å²) in [5.41, 5.74) is 0.491. The molecule has 0 bridgehead atoms. The highest BCUT2D eigenvalue weighted by atomic mass is 79.9. The number of ether oxygens (including phenoxy) is 1. The van der Waals surface area contributed by atoms with Gasteiger partial charge in [0.25, 0.3) is 0 Å². The molecule has 0 amide bonds. The first-order valence-corrected chi connectivity index (χ1v) is 10.9. The van der Waals surface area contributed by atoms with Crippen molar-refractivity contribution in [1.82, 2.24) is 9.71 Å². The van der Waals surface area contributed by atoms with Crippen LogP contribution in [0, 0.1) is 11.3 Å². The van der Waals surface area contributed by atoms with Crippen molar-refractivity contribution in [3.63, 3.8) is 0 Å². The first-order chi connectivity index (χ1) is 12.0. The van der Waals surface area contributed by atoms with Crippen molar-refractivity contribution in [1.29, 1.82) is 5.26 Å². The number of hydrogen-bond acceptors (Lipinski definition) is 6. The lowest BCUT2D eigenvalue weighted by molar-refractivity contribution is 0.138. The number of pyridine rings is 1. The predicted octanol–water partition coefficient (Wildman–Crippen LogP) is 3.45. The molecule has 0 radical (unpaired) electrons. The summed E-state index contributed by atoms with van der Waals surface area (Å²) in [4.78, 5) is 4.10.